The van der Waals surface area contributed by atoms with Crippen LogP contribution in [0.25, 0.3) is 0 Å². The first-order valence-corrected chi connectivity index (χ1v) is 6.39. The minimum Gasteiger partial charge on any atom is -0.490 e. The van der Waals surface area contributed by atoms with Gasteiger partial charge in [0.25, 0.3) is 0 Å². The van der Waals surface area contributed by atoms with Crippen LogP contribution in [-0.4, -0.2) is 6.10 Å². The van der Waals surface area contributed by atoms with Crippen molar-refractivity contribution in [2.24, 2.45) is 0 Å². The smallest absolute Gasteiger partial charge is 0.126 e. The van der Waals surface area contributed by atoms with Crippen LogP contribution >= 0.6 is 0 Å². The molecule has 88 valence electrons. The Labute approximate surface area is 98.8 Å². The molecule has 1 fully saturated rings. The van der Waals surface area contributed by atoms with Crippen LogP contribution in [0.3, 0.4) is 0 Å². The summed E-state index contributed by atoms with van der Waals surface area (Å²) in [6.07, 6.45) is 2.94. The fourth-order valence-electron chi connectivity index (χ4n) is 1.97. The maximum atomic E-state index is 6.11. The Balaban J connectivity index is 2.38. The minimum absolute atomic E-state index is 0.484. The standard InChI is InChI=1S/C15H22O/c1-10(2)13-6-5-7-14(11(3)4)15(13)16-12-8-9-12/h5-7,10-12H,8-9H2,1-4H3. The zero-order valence-electron chi connectivity index (χ0n) is 10.8. The predicted molar refractivity (Wildman–Crippen MR) is 68.3 cm³/mol. The Morgan fingerprint density at radius 2 is 1.50 bits per heavy atom. The van der Waals surface area contributed by atoms with Gasteiger partial charge >= 0.3 is 0 Å². The number of para-hydroxylation sites is 1. The second-order valence-corrected chi connectivity index (χ2v) is 5.39. The van der Waals surface area contributed by atoms with E-state index in [0.717, 1.165) is 5.75 Å². The second-order valence-electron chi connectivity index (χ2n) is 5.39. The quantitative estimate of drug-likeness (QED) is 0.724. The summed E-state index contributed by atoms with van der Waals surface area (Å²) >= 11 is 0. The average molecular weight is 218 g/mol. The monoisotopic (exact) mass is 218 g/mol. The van der Waals surface area contributed by atoms with E-state index < -0.39 is 0 Å². The van der Waals surface area contributed by atoms with Gasteiger partial charge in [0, 0.05) is 0 Å². The summed E-state index contributed by atoms with van der Waals surface area (Å²) in [7, 11) is 0. The van der Waals surface area contributed by atoms with E-state index in [9.17, 15) is 0 Å². The summed E-state index contributed by atoms with van der Waals surface area (Å²) in [6, 6.07) is 6.56. The highest BCUT2D eigenvalue weighted by atomic mass is 16.5. The molecule has 0 spiro atoms. The van der Waals surface area contributed by atoms with Gasteiger partial charge in [-0.3, -0.25) is 0 Å². The zero-order valence-corrected chi connectivity index (χ0v) is 10.8. The first kappa shape index (κ1) is 11.5. The summed E-state index contributed by atoms with van der Waals surface area (Å²) in [6.45, 7) is 8.94. The van der Waals surface area contributed by atoms with E-state index in [2.05, 4.69) is 45.9 Å². The van der Waals surface area contributed by atoms with Crippen LogP contribution in [0.15, 0.2) is 18.2 Å². The maximum absolute atomic E-state index is 6.11. The van der Waals surface area contributed by atoms with E-state index in [1.54, 1.807) is 0 Å². The van der Waals surface area contributed by atoms with Gasteiger partial charge < -0.3 is 4.74 Å². The van der Waals surface area contributed by atoms with Gasteiger partial charge in [-0.2, -0.15) is 0 Å². The molecule has 0 aromatic heterocycles. The number of ether oxygens (including phenoxy) is 1. The second kappa shape index (κ2) is 4.48. The van der Waals surface area contributed by atoms with Gasteiger partial charge in [-0.25, -0.2) is 0 Å². The maximum Gasteiger partial charge on any atom is 0.126 e. The Hall–Kier alpha value is -0.980. The summed E-state index contributed by atoms with van der Waals surface area (Å²) in [5.74, 6) is 2.23. The molecular weight excluding hydrogens is 196 g/mol. The van der Waals surface area contributed by atoms with Crippen molar-refractivity contribution < 1.29 is 4.74 Å². The summed E-state index contributed by atoms with van der Waals surface area (Å²) in [5.41, 5.74) is 2.72. The van der Waals surface area contributed by atoms with Gasteiger partial charge in [0.1, 0.15) is 5.75 Å². The molecule has 2 rings (SSSR count). The lowest BCUT2D eigenvalue weighted by molar-refractivity contribution is 0.294. The SMILES string of the molecule is CC(C)c1cccc(C(C)C)c1OC1CC1. The van der Waals surface area contributed by atoms with Crippen molar-refractivity contribution in [1.29, 1.82) is 0 Å². The van der Waals surface area contributed by atoms with Crippen molar-refractivity contribution in [3.63, 3.8) is 0 Å². The largest absolute Gasteiger partial charge is 0.490 e. The summed E-state index contributed by atoms with van der Waals surface area (Å²) in [4.78, 5) is 0. The molecule has 1 saturated carbocycles. The van der Waals surface area contributed by atoms with Gasteiger partial charge in [0.15, 0.2) is 0 Å². The number of benzene rings is 1. The van der Waals surface area contributed by atoms with Crippen LogP contribution < -0.4 is 4.74 Å². The lowest BCUT2D eigenvalue weighted by Crippen LogP contribution is -2.05. The lowest BCUT2D eigenvalue weighted by atomic mass is 9.94. The van der Waals surface area contributed by atoms with E-state index in [1.165, 1.54) is 24.0 Å². The highest BCUT2D eigenvalue weighted by Gasteiger charge is 2.26. The van der Waals surface area contributed by atoms with Gasteiger partial charge in [0.05, 0.1) is 6.10 Å². The molecule has 1 nitrogen and oxygen atoms in total. The molecule has 0 heterocycles. The van der Waals surface area contributed by atoms with Crippen molar-refractivity contribution in [3.8, 4) is 5.75 Å². The fraction of sp³-hybridized carbons (Fsp3) is 0.600. The molecule has 0 unspecified atom stereocenters. The Morgan fingerprint density at radius 1 is 1.00 bits per heavy atom. The van der Waals surface area contributed by atoms with Crippen LogP contribution in [0.1, 0.15) is 63.5 Å². The van der Waals surface area contributed by atoms with Gasteiger partial charge in [-0.1, -0.05) is 45.9 Å². The van der Waals surface area contributed by atoms with E-state index >= 15 is 0 Å². The van der Waals surface area contributed by atoms with Gasteiger partial charge in [-0.05, 0) is 35.8 Å². The number of hydrogen-bond donors (Lipinski definition) is 0. The molecule has 1 aliphatic rings. The number of rotatable bonds is 4. The Kier molecular flexibility index (Phi) is 3.22. The molecule has 1 aromatic rings. The average Bonchev–Trinajstić information content (AvgIpc) is 3.01. The van der Waals surface area contributed by atoms with Crippen molar-refractivity contribution in [1.82, 2.24) is 0 Å². The van der Waals surface area contributed by atoms with Crippen LogP contribution in [-0.2, 0) is 0 Å². The van der Waals surface area contributed by atoms with Crippen molar-refractivity contribution >= 4 is 0 Å². The Bertz CT molecular complexity index is 335. The minimum atomic E-state index is 0.484. The highest BCUT2D eigenvalue weighted by molar-refractivity contribution is 5.45. The van der Waals surface area contributed by atoms with Crippen LogP contribution in [0, 0.1) is 0 Å². The third kappa shape index (κ3) is 2.40. The molecule has 16 heavy (non-hydrogen) atoms. The third-order valence-corrected chi connectivity index (χ3v) is 3.13. The van der Waals surface area contributed by atoms with Crippen LogP contribution in [0.4, 0.5) is 0 Å². The molecule has 1 heteroatoms. The molecule has 0 radical (unpaired) electrons. The lowest BCUT2D eigenvalue weighted by Gasteiger charge is -2.19. The molecule has 0 amide bonds. The van der Waals surface area contributed by atoms with Gasteiger partial charge in [-0.15, -0.1) is 0 Å². The fourth-order valence-corrected chi connectivity index (χ4v) is 1.97. The topological polar surface area (TPSA) is 9.23 Å². The molecular formula is C15H22O. The third-order valence-electron chi connectivity index (χ3n) is 3.13. The molecule has 0 saturated heterocycles. The Morgan fingerprint density at radius 3 is 1.88 bits per heavy atom. The van der Waals surface area contributed by atoms with E-state index in [-0.39, 0.29) is 0 Å². The molecule has 0 atom stereocenters. The molecule has 0 aliphatic heterocycles. The van der Waals surface area contributed by atoms with Gasteiger partial charge in [0.2, 0.25) is 0 Å². The van der Waals surface area contributed by atoms with Crippen LogP contribution in [0.5, 0.6) is 5.75 Å². The molecule has 1 aromatic carbocycles. The predicted octanol–water partition coefficient (Wildman–Crippen LogP) is 4.47. The molecule has 0 N–H and O–H groups in total. The summed E-state index contributed by atoms with van der Waals surface area (Å²) in [5, 5.41) is 0. The van der Waals surface area contributed by atoms with E-state index in [1.807, 2.05) is 0 Å². The van der Waals surface area contributed by atoms with E-state index in [4.69, 9.17) is 4.74 Å². The summed E-state index contributed by atoms with van der Waals surface area (Å²) < 4.78 is 6.11. The normalized spacial score (nSPS) is 15.9. The molecule has 0 bridgehead atoms. The van der Waals surface area contributed by atoms with Crippen molar-refractivity contribution in [2.45, 2.75) is 58.5 Å². The van der Waals surface area contributed by atoms with Crippen LogP contribution in [0.2, 0.25) is 0 Å². The number of hydrogen-bond acceptors (Lipinski definition) is 1. The first-order chi connectivity index (χ1) is 7.59. The van der Waals surface area contributed by atoms with E-state index in [0.29, 0.717) is 17.9 Å². The first-order valence-electron chi connectivity index (χ1n) is 6.39. The van der Waals surface area contributed by atoms with Crippen molar-refractivity contribution in [2.75, 3.05) is 0 Å². The van der Waals surface area contributed by atoms with Crippen molar-refractivity contribution in [3.05, 3.63) is 29.3 Å². The highest BCUT2D eigenvalue weighted by Crippen LogP contribution is 2.38. The molecule has 1 aliphatic carbocycles. The zero-order chi connectivity index (χ0) is 11.7.